The van der Waals surface area contributed by atoms with E-state index >= 15 is 0 Å². The van der Waals surface area contributed by atoms with E-state index < -0.39 is 11.9 Å². The third kappa shape index (κ3) is 2.49. The Bertz CT molecular complexity index is 273. The van der Waals surface area contributed by atoms with Crippen molar-refractivity contribution in [2.24, 2.45) is 11.8 Å². The number of nitrogens with one attached hydrogen (secondary N) is 1. The molecule has 15 heavy (non-hydrogen) atoms. The molecule has 2 saturated carbocycles. The summed E-state index contributed by atoms with van der Waals surface area (Å²) in [6.07, 6.45) is 5.40. The van der Waals surface area contributed by atoms with Crippen LogP contribution in [0.5, 0.6) is 0 Å². The van der Waals surface area contributed by atoms with E-state index in [0.29, 0.717) is 12.5 Å². The molecule has 0 spiro atoms. The molecule has 0 saturated heterocycles. The number of aliphatic carboxylic acids is 1. The van der Waals surface area contributed by atoms with Crippen molar-refractivity contribution in [2.45, 2.75) is 44.6 Å². The minimum atomic E-state index is -0.814. The summed E-state index contributed by atoms with van der Waals surface area (Å²) in [5.41, 5.74) is 0. The summed E-state index contributed by atoms with van der Waals surface area (Å²) in [5.74, 6) is -1.61. The summed E-state index contributed by atoms with van der Waals surface area (Å²) in [5, 5.41) is 11.9. The van der Waals surface area contributed by atoms with Crippen LogP contribution in [0.3, 0.4) is 0 Å². The predicted molar refractivity (Wildman–Crippen MR) is 54.2 cm³/mol. The van der Waals surface area contributed by atoms with Gasteiger partial charge in [0.2, 0.25) is 5.91 Å². The standard InChI is InChI=1S/C11H17NO3/c13-10(12-7-5-6-7)8-3-1-2-4-9(8)11(14)15/h7-9H,1-6H2,(H,12,13)(H,14,15)/t8-,9-/m1/s1. The SMILES string of the molecule is O=C(O)[C@@H]1CCCC[C@H]1C(=O)NC1CC1. The average Bonchev–Trinajstić information content (AvgIpc) is 3.01. The van der Waals surface area contributed by atoms with E-state index in [2.05, 4.69) is 5.32 Å². The molecule has 2 atom stereocenters. The van der Waals surface area contributed by atoms with Gasteiger partial charge in [-0.15, -0.1) is 0 Å². The molecule has 0 aromatic rings. The van der Waals surface area contributed by atoms with Crippen LogP contribution < -0.4 is 5.32 Å². The molecule has 0 unspecified atom stereocenters. The van der Waals surface area contributed by atoms with Gasteiger partial charge in [0, 0.05) is 6.04 Å². The molecule has 0 aromatic carbocycles. The van der Waals surface area contributed by atoms with Crippen molar-refractivity contribution in [3.05, 3.63) is 0 Å². The van der Waals surface area contributed by atoms with Gasteiger partial charge in [-0.1, -0.05) is 12.8 Å². The molecule has 1 amide bonds. The molecule has 2 rings (SSSR count). The molecule has 2 fully saturated rings. The molecular weight excluding hydrogens is 194 g/mol. The van der Waals surface area contributed by atoms with Crippen LogP contribution in [0.2, 0.25) is 0 Å². The number of hydrogen-bond donors (Lipinski definition) is 2. The zero-order chi connectivity index (χ0) is 10.8. The summed E-state index contributed by atoms with van der Waals surface area (Å²) in [6.45, 7) is 0. The molecule has 2 N–H and O–H groups in total. The van der Waals surface area contributed by atoms with Crippen LogP contribution in [0, 0.1) is 11.8 Å². The van der Waals surface area contributed by atoms with E-state index in [9.17, 15) is 9.59 Å². The Balaban J connectivity index is 1.96. The van der Waals surface area contributed by atoms with Crippen LogP contribution in [0.4, 0.5) is 0 Å². The monoisotopic (exact) mass is 211 g/mol. The molecule has 0 aliphatic heterocycles. The van der Waals surface area contributed by atoms with Gasteiger partial charge in [-0.2, -0.15) is 0 Å². The molecule has 0 bridgehead atoms. The number of rotatable bonds is 3. The molecule has 0 aromatic heterocycles. The van der Waals surface area contributed by atoms with E-state index in [1.165, 1.54) is 0 Å². The largest absolute Gasteiger partial charge is 0.481 e. The third-order valence-electron chi connectivity index (χ3n) is 3.34. The maximum Gasteiger partial charge on any atom is 0.307 e. The minimum absolute atomic E-state index is 0.0374. The first kappa shape index (κ1) is 10.5. The average molecular weight is 211 g/mol. The second-order valence-corrected chi connectivity index (χ2v) is 4.62. The minimum Gasteiger partial charge on any atom is -0.481 e. The van der Waals surface area contributed by atoms with Gasteiger partial charge in [0.05, 0.1) is 11.8 Å². The lowest BCUT2D eigenvalue weighted by Crippen LogP contribution is -2.40. The molecule has 0 radical (unpaired) electrons. The van der Waals surface area contributed by atoms with Crippen molar-refractivity contribution < 1.29 is 14.7 Å². The van der Waals surface area contributed by atoms with E-state index in [4.69, 9.17) is 5.11 Å². The Labute approximate surface area is 89.0 Å². The Morgan fingerprint density at radius 2 is 1.60 bits per heavy atom. The summed E-state index contributed by atoms with van der Waals surface area (Å²) in [6, 6.07) is 0.328. The fraction of sp³-hybridized carbons (Fsp3) is 0.818. The number of carbonyl (C=O) groups is 2. The summed E-state index contributed by atoms with van der Waals surface area (Å²) >= 11 is 0. The van der Waals surface area contributed by atoms with Crippen molar-refractivity contribution in [1.82, 2.24) is 5.32 Å². The van der Waals surface area contributed by atoms with E-state index in [1.54, 1.807) is 0 Å². The van der Waals surface area contributed by atoms with E-state index in [-0.39, 0.29) is 11.8 Å². The van der Waals surface area contributed by atoms with Crippen LogP contribution in [0.25, 0.3) is 0 Å². The molecular formula is C11H17NO3. The van der Waals surface area contributed by atoms with Gasteiger partial charge in [0.1, 0.15) is 0 Å². The van der Waals surface area contributed by atoms with Gasteiger partial charge in [-0.05, 0) is 25.7 Å². The number of carboxylic acid groups (broad SMARTS) is 1. The highest BCUT2D eigenvalue weighted by Crippen LogP contribution is 2.31. The van der Waals surface area contributed by atoms with Crippen molar-refractivity contribution in [3.63, 3.8) is 0 Å². The Morgan fingerprint density at radius 1 is 1.00 bits per heavy atom. The van der Waals surface area contributed by atoms with Crippen LogP contribution in [-0.4, -0.2) is 23.0 Å². The topological polar surface area (TPSA) is 66.4 Å². The lowest BCUT2D eigenvalue weighted by atomic mass is 9.78. The highest BCUT2D eigenvalue weighted by molar-refractivity contribution is 5.85. The van der Waals surface area contributed by atoms with Crippen LogP contribution in [-0.2, 0) is 9.59 Å². The molecule has 2 aliphatic carbocycles. The predicted octanol–water partition coefficient (Wildman–Crippen LogP) is 1.16. The Hall–Kier alpha value is -1.06. The molecule has 84 valence electrons. The third-order valence-corrected chi connectivity index (χ3v) is 3.34. The van der Waals surface area contributed by atoms with Gasteiger partial charge >= 0.3 is 5.97 Å². The number of carbonyl (C=O) groups excluding carboxylic acids is 1. The summed E-state index contributed by atoms with van der Waals surface area (Å²) in [7, 11) is 0. The molecule has 2 aliphatic rings. The fourth-order valence-electron chi connectivity index (χ4n) is 2.28. The normalized spacial score (nSPS) is 30.9. The number of carboxylic acids is 1. The maximum atomic E-state index is 11.8. The zero-order valence-electron chi connectivity index (χ0n) is 8.74. The first-order valence-electron chi connectivity index (χ1n) is 5.71. The van der Waals surface area contributed by atoms with E-state index in [0.717, 1.165) is 32.1 Å². The smallest absolute Gasteiger partial charge is 0.307 e. The highest BCUT2D eigenvalue weighted by atomic mass is 16.4. The van der Waals surface area contributed by atoms with Crippen molar-refractivity contribution in [1.29, 1.82) is 0 Å². The highest BCUT2D eigenvalue weighted by Gasteiger charge is 2.37. The second kappa shape index (κ2) is 4.21. The van der Waals surface area contributed by atoms with Gasteiger partial charge in [-0.3, -0.25) is 9.59 Å². The summed E-state index contributed by atoms with van der Waals surface area (Å²) < 4.78 is 0. The molecule has 4 nitrogen and oxygen atoms in total. The van der Waals surface area contributed by atoms with Gasteiger partial charge in [-0.25, -0.2) is 0 Å². The Morgan fingerprint density at radius 3 is 2.13 bits per heavy atom. The fourth-order valence-corrected chi connectivity index (χ4v) is 2.28. The Kier molecular flexibility index (Phi) is 2.93. The van der Waals surface area contributed by atoms with E-state index in [1.807, 2.05) is 0 Å². The quantitative estimate of drug-likeness (QED) is 0.736. The summed E-state index contributed by atoms with van der Waals surface area (Å²) in [4.78, 5) is 22.8. The molecule has 4 heteroatoms. The van der Waals surface area contributed by atoms with Crippen LogP contribution in [0.15, 0.2) is 0 Å². The van der Waals surface area contributed by atoms with Gasteiger partial charge in [0.25, 0.3) is 0 Å². The van der Waals surface area contributed by atoms with Crippen LogP contribution >= 0.6 is 0 Å². The first-order valence-corrected chi connectivity index (χ1v) is 5.71. The van der Waals surface area contributed by atoms with Crippen molar-refractivity contribution in [2.75, 3.05) is 0 Å². The van der Waals surface area contributed by atoms with Crippen molar-refractivity contribution >= 4 is 11.9 Å². The second-order valence-electron chi connectivity index (χ2n) is 4.62. The van der Waals surface area contributed by atoms with Crippen LogP contribution in [0.1, 0.15) is 38.5 Å². The number of amides is 1. The number of hydrogen-bond acceptors (Lipinski definition) is 2. The van der Waals surface area contributed by atoms with Crippen molar-refractivity contribution in [3.8, 4) is 0 Å². The zero-order valence-corrected chi connectivity index (χ0v) is 8.74. The first-order chi connectivity index (χ1) is 7.18. The van der Waals surface area contributed by atoms with Gasteiger partial charge in [0.15, 0.2) is 0 Å². The van der Waals surface area contributed by atoms with Gasteiger partial charge < -0.3 is 10.4 Å². The molecule has 0 heterocycles. The lowest BCUT2D eigenvalue weighted by molar-refractivity contribution is -0.148. The lowest BCUT2D eigenvalue weighted by Gasteiger charge is -2.27. The maximum absolute atomic E-state index is 11.8.